The van der Waals surface area contributed by atoms with Crippen LogP contribution in [0.4, 0.5) is 5.95 Å². The van der Waals surface area contributed by atoms with Crippen molar-refractivity contribution in [2.45, 2.75) is 19.9 Å². The third-order valence-corrected chi connectivity index (χ3v) is 5.18. The highest BCUT2D eigenvalue weighted by Gasteiger charge is 2.17. The van der Waals surface area contributed by atoms with Gasteiger partial charge in [-0.05, 0) is 24.3 Å². The van der Waals surface area contributed by atoms with Crippen LogP contribution in [0.25, 0.3) is 11.0 Å². The quantitative estimate of drug-likeness (QED) is 0.507. The Morgan fingerprint density at radius 2 is 1.93 bits per heavy atom. The second kappa shape index (κ2) is 7.69. The van der Waals surface area contributed by atoms with Gasteiger partial charge in [-0.2, -0.15) is 0 Å². The van der Waals surface area contributed by atoms with Crippen molar-refractivity contribution in [3.63, 3.8) is 0 Å². The smallest absolute Gasteiger partial charge is 0.277 e. The SMILES string of the molecule is CC(=O)c1nc(C(=O)Nc2nc3ccccc3n2CCc2ccccn2)cs1. The molecule has 0 atom stereocenters. The second-order valence-electron chi connectivity index (χ2n) is 6.20. The lowest BCUT2D eigenvalue weighted by atomic mass is 10.2. The summed E-state index contributed by atoms with van der Waals surface area (Å²) < 4.78 is 1.96. The number of thiazole rings is 1. The van der Waals surface area contributed by atoms with Crippen LogP contribution in [0, 0.1) is 0 Å². The minimum Gasteiger partial charge on any atom is -0.310 e. The molecule has 4 aromatic rings. The summed E-state index contributed by atoms with van der Waals surface area (Å²) >= 11 is 1.16. The Balaban J connectivity index is 1.62. The molecule has 0 bridgehead atoms. The van der Waals surface area contributed by atoms with Crippen LogP contribution in [0.2, 0.25) is 0 Å². The third-order valence-electron chi connectivity index (χ3n) is 4.24. The predicted molar refractivity (Wildman–Crippen MR) is 108 cm³/mol. The summed E-state index contributed by atoms with van der Waals surface area (Å²) in [5.41, 5.74) is 2.89. The van der Waals surface area contributed by atoms with E-state index in [1.54, 1.807) is 11.6 Å². The first-order chi connectivity index (χ1) is 13.6. The number of Topliss-reactive ketones (excluding diaryl/α,β-unsaturated/α-hetero) is 1. The highest BCUT2D eigenvalue weighted by molar-refractivity contribution is 7.11. The van der Waals surface area contributed by atoms with Gasteiger partial charge in [0.25, 0.3) is 5.91 Å². The lowest BCUT2D eigenvalue weighted by Gasteiger charge is -2.09. The van der Waals surface area contributed by atoms with Gasteiger partial charge in [0.05, 0.1) is 11.0 Å². The largest absolute Gasteiger partial charge is 0.310 e. The van der Waals surface area contributed by atoms with Gasteiger partial charge in [0.1, 0.15) is 5.69 Å². The molecule has 0 aliphatic rings. The van der Waals surface area contributed by atoms with Crippen LogP contribution in [0.15, 0.2) is 54.0 Å². The lowest BCUT2D eigenvalue weighted by molar-refractivity contribution is 0.101. The van der Waals surface area contributed by atoms with Crippen molar-refractivity contribution in [2.75, 3.05) is 5.32 Å². The maximum absolute atomic E-state index is 12.6. The number of rotatable bonds is 6. The van der Waals surface area contributed by atoms with Gasteiger partial charge in [-0.1, -0.05) is 18.2 Å². The molecule has 8 heteroatoms. The van der Waals surface area contributed by atoms with Crippen molar-refractivity contribution < 1.29 is 9.59 Å². The Hall–Kier alpha value is -3.39. The van der Waals surface area contributed by atoms with Gasteiger partial charge in [-0.3, -0.25) is 19.9 Å². The van der Waals surface area contributed by atoms with E-state index >= 15 is 0 Å². The number of nitrogens with zero attached hydrogens (tertiary/aromatic N) is 4. The first kappa shape index (κ1) is 18.0. The van der Waals surface area contributed by atoms with Crippen LogP contribution in [-0.2, 0) is 13.0 Å². The molecule has 0 aliphatic carbocycles. The van der Waals surface area contributed by atoms with E-state index in [1.165, 1.54) is 6.92 Å². The van der Waals surface area contributed by atoms with Gasteiger partial charge in [0, 0.05) is 37.2 Å². The van der Waals surface area contributed by atoms with Gasteiger partial charge in [-0.15, -0.1) is 11.3 Å². The molecule has 3 aromatic heterocycles. The average molecular weight is 391 g/mol. The van der Waals surface area contributed by atoms with Crippen LogP contribution in [0.1, 0.15) is 32.9 Å². The third kappa shape index (κ3) is 3.67. The molecular formula is C20H17N5O2S. The van der Waals surface area contributed by atoms with E-state index in [9.17, 15) is 9.59 Å². The molecule has 7 nitrogen and oxygen atoms in total. The molecule has 0 saturated carbocycles. The summed E-state index contributed by atoms with van der Waals surface area (Å²) in [5.74, 6) is -0.107. The summed E-state index contributed by atoms with van der Waals surface area (Å²) in [6.45, 7) is 2.04. The maximum atomic E-state index is 12.6. The number of carbonyl (C=O) groups is 2. The fraction of sp³-hybridized carbons (Fsp3) is 0.150. The van der Waals surface area contributed by atoms with Crippen LogP contribution in [0.5, 0.6) is 0 Å². The van der Waals surface area contributed by atoms with E-state index in [0.29, 0.717) is 23.9 Å². The van der Waals surface area contributed by atoms with Crippen molar-refractivity contribution in [3.05, 3.63) is 70.4 Å². The van der Waals surface area contributed by atoms with Gasteiger partial charge >= 0.3 is 0 Å². The van der Waals surface area contributed by atoms with Gasteiger partial charge in [0.2, 0.25) is 5.95 Å². The normalized spacial score (nSPS) is 10.9. The molecule has 0 radical (unpaired) electrons. The zero-order valence-corrected chi connectivity index (χ0v) is 15.9. The number of ketones is 1. The standard InChI is InChI=1S/C20H17N5O2S/c1-13(26)19-22-16(12-28-19)18(27)24-20-23-15-7-2-3-8-17(15)25(20)11-9-14-6-4-5-10-21-14/h2-8,10,12H,9,11H2,1H3,(H,23,24,27). The molecule has 1 amide bonds. The minimum atomic E-state index is -0.391. The number of para-hydroxylation sites is 2. The number of imidazole rings is 1. The van der Waals surface area contributed by atoms with Gasteiger partial charge < -0.3 is 4.57 Å². The topological polar surface area (TPSA) is 89.8 Å². The van der Waals surface area contributed by atoms with E-state index < -0.39 is 5.91 Å². The summed E-state index contributed by atoms with van der Waals surface area (Å²) in [6, 6.07) is 13.5. The van der Waals surface area contributed by atoms with Crippen molar-refractivity contribution in [1.82, 2.24) is 19.5 Å². The number of carbonyl (C=O) groups excluding carboxylic acids is 2. The summed E-state index contributed by atoms with van der Waals surface area (Å²) in [5, 5.41) is 4.72. The molecule has 0 aliphatic heterocycles. The number of amides is 1. The molecule has 0 unspecified atom stereocenters. The van der Waals surface area contributed by atoms with Crippen molar-refractivity contribution >= 4 is 40.0 Å². The second-order valence-corrected chi connectivity index (χ2v) is 7.05. The van der Waals surface area contributed by atoms with E-state index in [-0.39, 0.29) is 11.5 Å². The predicted octanol–water partition coefficient (Wildman–Crippen LogP) is 3.59. The van der Waals surface area contributed by atoms with E-state index in [1.807, 2.05) is 47.0 Å². The Morgan fingerprint density at radius 1 is 1.11 bits per heavy atom. The maximum Gasteiger partial charge on any atom is 0.277 e. The van der Waals surface area contributed by atoms with E-state index in [2.05, 4.69) is 20.3 Å². The number of hydrogen-bond acceptors (Lipinski definition) is 6. The number of aryl methyl sites for hydroxylation is 2. The molecule has 28 heavy (non-hydrogen) atoms. The van der Waals surface area contributed by atoms with E-state index in [4.69, 9.17) is 0 Å². The lowest BCUT2D eigenvalue weighted by Crippen LogP contribution is -2.17. The molecule has 0 spiro atoms. The molecule has 0 saturated heterocycles. The monoisotopic (exact) mass is 391 g/mol. The molecule has 140 valence electrons. The average Bonchev–Trinajstić information content (AvgIpc) is 3.32. The molecule has 1 N–H and O–H groups in total. The molecule has 1 aromatic carbocycles. The van der Waals surface area contributed by atoms with Crippen LogP contribution < -0.4 is 5.32 Å². The van der Waals surface area contributed by atoms with Crippen molar-refractivity contribution in [2.24, 2.45) is 0 Å². The van der Waals surface area contributed by atoms with Crippen molar-refractivity contribution in [1.29, 1.82) is 0 Å². The Kier molecular flexibility index (Phi) is 4.94. The van der Waals surface area contributed by atoms with Gasteiger partial charge in [0.15, 0.2) is 10.8 Å². The Morgan fingerprint density at radius 3 is 2.68 bits per heavy atom. The number of pyridine rings is 1. The fourth-order valence-electron chi connectivity index (χ4n) is 2.87. The number of fused-ring (bicyclic) bond motifs is 1. The Labute approximate surface area is 165 Å². The summed E-state index contributed by atoms with van der Waals surface area (Å²) in [6.07, 6.45) is 2.47. The molecule has 4 rings (SSSR count). The van der Waals surface area contributed by atoms with Crippen molar-refractivity contribution in [3.8, 4) is 0 Å². The first-order valence-electron chi connectivity index (χ1n) is 8.75. The highest BCUT2D eigenvalue weighted by atomic mass is 32.1. The molecular weight excluding hydrogens is 374 g/mol. The van der Waals surface area contributed by atoms with Gasteiger partial charge in [-0.25, -0.2) is 9.97 Å². The van der Waals surface area contributed by atoms with E-state index in [0.717, 1.165) is 28.1 Å². The Bertz CT molecular complexity index is 1150. The van der Waals surface area contributed by atoms with Crippen LogP contribution in [-0.4, -0.2) is 31.2 Å². The zero-order valence-electron chi connectivity index (χ0n) is 15.1. The number of benzene rings is 1. The number of aromatic nitrogens is 4. The highest BCUT2D eigenvalue weighted by Crippen LogP contribution is 2.21. The fourth-order valence-corrected chi connectivity index (χ4v) is 3.57. The number of hydrogen-bond donors (Lipinski definition) is 1. The van der Waals surface area contributed by atoms with Crippen LogP contribution in [0.3, 0.4) is 0 Å². The minimum absolute atomic E-state index is 0.161. The molecule has 3 heterocycles. The number of nitrogens with one attached hydrogen (secondary N) is 1. The zero-order chi connectivity index (χ0) is 19.5. The number of anilines is 1. The summed E-state index contributed by atoms with van der Waals surface area (Å²) in [4.78, 5) is 37.0. The summed E-state index contributed by atoms with van der Waals surface area (Å²) in [7, 11) is 0. The molecule has 0 fully saturated rings. The first-order valence-corrected chi connectivity index (χ1v) is 9.63. The van der Waals surface area contributed by atoms with Crippen LogP contribution >= 0.6 is 11.3 Å².